The van der Waals surface area contributed by atoms with Gasteiger partial charge in [-0.1, -0.05) is 6.07 Å². The lowest BCUT2D eigenvalue weighted by Gasteiger charge is -2.39. The zero-order valence-corrected chi connectivity index (χ0v) is 19.4. The van der Waals surface area contributed by atoms with Gasteiger partial charge in [0.1, 0.15) is 5.60 Å². The van der Waals surface area contributed by atoms with E-state index in [4.69, 9.17) is 18.9 Å². The van der Waals surface area contributed by atoms with Crippen molar-refractivity contribution in [3.63, 3.8) is 0 Å². The van der Waals surface area contributed by atoms with E-state index in [9.17, 15) is 4.79 Å². The van der Waals surface area contributed by atoms with E-state index < -0.39 is 5.60 Å². The summed E-state index contributed by atoms with van der Waals surface area (Å²) in [6.45, 7) is 8.99. The first-order chi connectivity index (χ1) is 14.8. The summed E-state index contributed by atoms with van der Waals surface area (Å²) in [5.74, 6) is 2.80. The van der Waals surface area contributed by atoms with E-state index >= 15 is 0 Å². The quantitative estimate of drug-likeness (QED) is 0.734. The molecule has 1 amide bonds. The summed E-state index contributed by atoms with van der Waals surface area (Å²) in [4.78, 5) is 21.1. The molecule has 1 aromatic carbocycles. The third-order valence-corrected chi connectivity index (χ3v) is 5.32. The Balaban J connectivity index is 1.54. The van der Waals surface area contributed by atoms with Crippen LogP contribution in [-0.4, -0.2) is 87.5 Å². The van der Waals surface area contributed by atoms with Crippen LogP contribution in [0.1, 0.15) is 26.3 Å². The van der Waals surface area contributed by atoms with E-state index in [2.05, 4.69) is 15.2 Å². The van der Waals surface area contributed by atoms with Crippen LogP contribution < -0.4 is 19.5 Å². The monoisotopic (exact) mass is 434 g/mol. The number of nitrogens with zero attached hydrogens (tertiary/aromatic N) is 3. The SMILES string of the molecule is COc1ccc(CCNC2=NCC3CN(C(=O)OC(C)(C)C)CCN23)c(OC)c1OC. The van der Waals surface area contributed by atoms with Gasteiger partial charge in [0, 0.05) is 31.7 Å². The molecular formula is C22H34N4O5. The highest BCUT2D eigenvalue weighted by Gasteiger charge is 2.36. The van der Waals surface area contributed by atoms with Crippen LogP contribution in [0.25, 0.3) is 0 Å². The van der Waals surface area contributed by atoms with Gasteiger partial charge in [-0.25, -0.2) is 4.79 Å². The van der Waals surface area contributed by atoms with Crippen molar-refractivity contribution in [2.75, 3.05) is 54.1 Å². The van der Waals surface area contributed by atoms with E-state index in [0.29, 0.717) is 43.4 Å². The number of carbonyl (C=O) groups is 1. The van der Waals surface area contributed by atoms with Gasteiger partial charge in [0.2, 0.25) is 5.75 Å². The van der Waals surface area contributed by atoms with Crippen LogP contribution in [0.2, 0.25) is 0 Å². The highest BCUT2D eigenvalue weighted by Crippen LogP contribution is 2.39. The van der Waals surface area contributed by atoms with Gasteiger partial charge >= 0.3 is 6.09 Å². The standard InChI is InChI=1S/C22H34N4O5/c1-22(2,3)31-21(27)25-11-12-26-16(14-25)13-24-20(26)23-10-9-15-7-8-17(28-4)19(30-6)18(15)29-5/h7-8,16H,9-14H2,1-6H3,(H,23,24). The molecule has 2 heterocycles. The summed E-state index contributed by atoms with van der Waals surface area (Å²) in [7, 11) is 4.84. The molecule has 1 atom stereocenters. The highest BCUT2D eigenvalue weighted by atomic mass is 16.6. The molecule has 172 valence electrons. The molecule has 1 fully saturated rings. The number of aliphatic imine (C=N–C) groups is 1. The highest BCUT2D eigenvalue weighted by molar-refractivity contribution is 5.82. The number of carbonyl (C=O) groups excluding carboxylic acids is 1. The van der Waals surface area contributed by atoms with Crippen molar-refractivity contribution in [1.82, 2.24) is 15.1 Å². The lowest BCUT2D eigenvalue weighted by molar-refractivity contribution is 0.0137. The largest absolute Gasteiger partial charge is 0.493 e. The van der Waals surface area contributed by atoms with Crippen LogP contribution in [0.3, 0.4) is 0 Å². The first-order valence-corrected chi connectivity index (χ1v) is 10.6. The van der Waals surface area contributed by atoms with Gasteiger partial charge in [-0.05, 0) is 33.3 Å². The number of amides is 1. The van der Waals surface area contributed by atoms with Crippen LogP contribution in [0.4, 0.5) is 4.79 Å². The molecule has 2 aliphatic heterocycles. The lowest BCUT2D eigenvalue weighted by atomic mass is 10.1. The van der Waals surface area contributed by atoms with Crippen LogP contribution in [0, 0.1) is 0 Å². The Morgan fingerprint density at radius 1 is 1.13 bits per heavy atom. The number of guanidine groups is 1. The van der Waals surface area contributed by atoms with E-state index in [1.807, 2.05) is 32.9 Å². The summed E-state index contributed by atoms with van der Waals surface area (Å²) < 4.78 is 21.9. The Labute approximate surface area is 184 Å². The number of fused-ring (bicyclic) bond motifs is 1. The van der Waals surface area contributed by atoms with Crippen LogP contribution >= 0.6 is 0 Å². The molecule has 0 radical (unpaired) electrons. The van der Waals surface area contributed by atoms with E-state index in [1.54, 1.807) is 26.2 Å². The first-order valence-electron chi connectivity index (χ1n) is 10.6. The Morgan fingerprint density at radius 3 is 2.52 bits per heavy atom. The predicted molar refractivity (Wildman–Crippen MR) is 118 cm³/mol. The minimum atomic E-state index is -0.488. The van der Waals surface area contributed by atoms with Crippen molar-refractivity contribution in [1.29, 1.82) is 0 Å². The summed E-state index contributed by atoms with van der Waals surface area (Å²) in [5, 5.41) is 3.44. The average molecular weight is 435 g/mol. The molecule has 0 saturated carbocycles. The first kappa shape index (κ1) is 22.8. The molecule has 0 spiro atoms. The minimum absolute atomic E-state index is 0.180. The minimum Gasteiger partial charge on any atom is -0.493 e. The number of methoxy groups -OCH3 is 3. The Hall–Kier alpha value is -2.84. The van der Waals surface area contributed by atoms with Gasteiger partial charge in [-0.2, -0.15) is 0 Å². The fourth-order valence-corrected chi connectivity index (χ4v) is 3.89. The fourth-order valence-electron chi connectivity index (χ4n) is 3.89. The molecule has 9 nitrogen and oxygen atoms in total. The summed E-state index contributed by atoms with van der Waals surface area (Å²) in [6.07, 6.45) is 0.486. The van der Waals surface area contributed by atoms with E-state index in [-0.39, 0.29) is 12.1 Å². The van der Waals surface area contributed by atoms with Crippen molar-refractivity contribution < 1.29 is 23.7 Å². The Bertz CT molecular complexity index is 821. The second kappa shape index (κ2) is 9.53. The number of benzene rings is 1. The molecule has 2 aliphatic rings. The van der Waals surface area contributed by atoms with Crippen molar-refractivity contribution in [2.45, 2.75) is 38.8 Å². The second-order valence-electron chi connectivity index (χ2n) is 8.61. The van der Waals surface area contributed by atoms with Gasteiger partial charge in [0.15, 0.2) is 17.5 Å². The smallest absolute Gasteiger partial charge is 0.410 e. The zero-order chi connectivity index (χ0) is 22.6. The zero-order valence-electron chi connectivity index (χ0n) is 19.4. The normalized spacial score (nSPS) is 18.3. The number of nitrogens with one attached hydrogen (secondary N) is 1. The molecule has 0 aliphatic carbocycles. The third kappa shape index (κ3) is 5.26. The molecular weight excluding hydrogens is 400 g/mol. The van der Waals surface area contributed by atoms with Gasteiger partial charge in [0.05, 0.1) is 33.9 Å². The van der Waals surface area contributed by atoms with Crippen molar-refractivity contribution >= 4 is 12.1 Å². The maximum absolute atomic E-state index is 12.4. The number of ether oxygens (including phenoxy) is 4. The van der Waals surface area contributed by atoms with E-state index in [0.717, 1.165) is 24.5 Å². The molecule has 1 saturated heterocycles. The maximum atomic E-state index is 12.4. The fraction of sp³-hybridized carbons (Fsp3) is 0.636. The summed E-state index contributed by atoms with van der Waals surface area (Å²) >= 11 is 0. The van der Waals surface area contributed by atoms with Crippen molar-refractivity contribution in [2.24, 2.45) is 4.99 Å². The van der Waals surface area contributed by atoms with Crippen LogP contribution in [0.5, 0.6) is 17.2 Å². The Morgan fingerprint density at radius 2 is 1.87 bits per heavy atom. The molecule has 0 bridgehead atoms. The van der Waals surface area contributed by atoms with Gasteiger partial charge < -0.3 is 34.1 Å². The molecule has 9 heteroatoms. The molecule has 1 aromatic rings. The predicted octanol–water partition coefficient (Wildman–Crippen LogP) is 2.14. The molecule has 0 aromatic heterocycles. The molecule has 1 N–H and O–H groups in total. The molecule has 1 unspecified atom stereocenters. The summed E-state index contributed by atoms with van der Waals surface area (Å²) in [5.41, 5.74) is 0.538. The van der Waals surface area contributed by atoms with Crippen molar-refractivity contribution in [3.8, 4) is 17.2 Å². The third-order valence-electron chi connectivity index (χ3n) is 5.32. The number of hydrogen-bond acceptors (Lipinski definition) is 8. The lowest BCUT2D eigenvalue weighted by Crippen LogP contribution is -2.57. The topological polar surface area (TPSA) is 84.9 Å². The number of piperazine rings is 1. The Kier molecular flexibility index (Phi) is 7.02. The molecule has 3 rings (SSSR count). The number of rotatable bonds is 6. The van der Waals surface area contributed by atoms with E-state index in [1.165, 1.54) is 0 Å². The number of hydrogen-bond donors (Lipinski definition) is 1. The molecule has 31 heavy (non-hydrogen) atoms. The maximum Gasteiger partial charge on any atom is 0.410 e. The van der Waals surface area contributed by atoms with Gasteiger partial charge in [0.25, 0.3) is 0 Å². The van der Waals surface area contributed by atoms with Crippen molar-refractivity contribution in [3.05, 3.63) is 17.7 Å². The van der Waals surface area contributed by atoms with Crippen LogP contribution in [0.15, 0.2) is 17.1 Å². The van der Waals surface area contributed by atoms with Gasteiger partial charge in [-0.3, -0.25) is 4.99 Å². The second-order valence-corrected chi connectivity index (χ2v) is 8.61. The summed E-state index contributed by atoms with van der Waals surface area (Å²) in [6, 6.07) is 4.05. The van der Waals surface area contributed by atoms with Gasteiger partial charge in [-0.15, -0.1) is 0 Å². The van der Waals surface area contributed by atoms with Crippen LogP contribution in [-0.2, 0) is 11.2 Å². The average Bonchev–Trinajstić information content (AvgIpc) is 3.14.